The lowest BCUT2D eigenvalue weighted by atomic mass is 9.96. The predicted molar refractivity (Wildman–Crippen MR) is 98.8 cm³/mol. The number of aryl methyl sites for hydroxylation is 2. The third-order valence-electron chi connectivity index (χ3n) is 4.23. The normalized spacial score (nSPS) is 11.2. The molecule has 0 saturated carbocycles. The molecule has 2 heteroatoms. The van der Waals surface area contributed by atoms with Crippen LogP contribution in [0.4, 0.5) is 0 Å². The highest BCUT2D eigenvalue weighted by molar-refractivity contribution is 5.85. The first-order valence-electron chi connectivity index (χ1n) is 9.20. The highest BCUT2D eigenvalue weighted by atomic mass is 16.4. The van der Waals surface area contributed by atoms with Gasteiger partial charge in [0.25, 0.3) is 0 Å². The van der Waals surface area contributed by atoms with E-state index in [0.717, 1.165) is 18.4 Å². The summed E-state index contributed by atoms with van der Waals surface area (Å²) in [6, 6.07) is 6.60. The van der Waals surface area contributed by atoms with E-state index in [0.29, 0.717) is 0 Å². The van der Waals surface area contributed by atoms with E-state index in [4.69, 9.17) is 5.11 Å². The Morgan fingerprint density at radius 2 is 1.61 bits per heavy atom. The number of benzene rings is 1. The van der Waals surface area contributed by atoms with Gasteiger partial charge in [0, 0.05) is 6.08 Å². The monoisotopic (exact) mass is 316 g/mol. The zero-order chi connectivity index (χ0) is 16.9. The number of carboxylic acid groups (broad SMARTS) is 1. The molecule has 0 atom stereocenters. The standard InChI is InChI=1S/C21H32O2/c1-3-5-7-9-11-18-13-14-19(12-10-8-6-4-2)20(17-18)15-16-21(22)23/h13-17H,3-12H2,1-2H3,(H,22,23)/b16-15+. The van der Waals surface area contributed by atoms with E-state index in [-0.39, 0.29) is 0 Å². The summed E-state index contributed by atoms with van der Waals surface area (Å²) in [6.07, 6.45) is 15.1. The van der Waals surface area contributed by atoms with Crippen LogP contribution in [-0.4, -0.2) is 11.1 Å². The fourth-order valence-electron chi connectivity index (χ4n) is 2.84. The number of hydrogen-bond acceptors (Lipinski definition) is 1. The van der Waals surface area contributed by atoms with Crippen molar-refractivity contribution in [2.24, 2.45) is 0 Å². The van der Waals surface area contributed by atoms with E-state index in [1.54, 1.807) is 6.08 Å². The molecule has 0 amide bonds. The number of hydrogen-bond donors (Lipinski definition) is 1. The van der Waals surface area contributed by atoms with Gasteiger partial charge in [0.15, 0.2) is 0 Å². The fourth-order valence-corrected chi connectivity index (χ4v) is 2.84. The number of unbranched alkanes of at least 4 members (excludes halogenated alkanes) is 6. The first-order chi connectivity index (χ1) is 11.2. The van der Waals surface area contributed by atoms with Crippen LogP contribution in [0.2, 0.25) is 0 Å². The number of carboxylic acids is 1. The van der Waals surface area contributed by atoms with Gasteiger partial charge in [0.2, 0.25) is 0 Å². The van der Waals surface area contributed by atoms with Gasteiger partial charge >= 0.3 is 5.97 Å². The van der Waals surface area contributed by atoms with Crippen molar-refractivity contribution in [2.75, 3.05) is 0 Å². The molecule has 0 aliphatic carbocycles. The predicted octanol–water partition coefficient (Wildman–Crippen LogP) is 6.03. The van der Waals surface area contributed by atoms with Crippen LogP contribution in [0, 0.1) is 0 Å². The molecule has 0 aliphatic rings. The zero-order valence-corrected chi connectivity index (χ0v) is 14.8. The molecule has 0 spiro atoms. The summed E-state index contributed by atoms with van der Waals surface area (Å²) in [5.74, 6) is -0.879. The lowest BCUT2D eigenvalue weighted by Gasteiger charge is -2.09. The summed E-state index contributed by atoms with van der Waals surface area (Å²) in [7, 11) is 0. The Kier molecular flexibility index (Phi) is 10.1. The summed E-state index contributed by atoms with van der Waals surface area (Å²) in [6.45, 7) is 4.44. The quantitative estimate of drug-likeness (QED) is 0.377. The van der Waals surface area contributed by atoms with Gasteiger partial charge in [-0.2, -0.15) is 0 Å². The van der Waals surface area contributed by atoms with Gasteiger partial charge in [-0.05, 0) is 48.4 Å². The van der Waals surface area contributed by atoms with Crippen molar-refractivity contribution in [3.63, 3.8) is 0 Å². The van der Waals surface area contributed by atoms with Gasteiger partial charge in [-0.15, -0.1) is 0 Å². The van der Waals surface area contributed by atoms with Gasteiger partial charge < -0.3 is 5.11 Å². The van der Waals surface area contributed by atoms with Crippen molar-refractivity contribution >= 4 is 12.0 Å². The molecule has 1 aromatic rings. The SMILES string of the molecule is CCCCCCc1ccc(CCCCCC)c(/C=C/C(=O)O)c1. The average molecular weight is 316 g/mol. The van der Waals surface area contributed by atoms with Crippen LogP contribution in [0.1, 0.15) is 81.9 Å². The second kappa shape index (κ2) is 11.9. The molecule has 23 heavy (non-hydrogen) atoms. The maximum Gasteiger partial charge on any atom is 0.328 e. The Morgan fingerprint density at radius 1 is 0.957 bits per heavy atom. The Balaban J connectivity index is 2.72. The van der Waals surface area contributed by atoms with Crippen molar-refractivity contribution in [3.8, 4) is 0 Å². The van der Waals surface area contributed by atoms with Gasteiger partial charge in [-0.25, -0.2) is 4.79 Å². The van der Waals surface area contributed by atoms with Crippen LogP contribution in [0.5, 0.6) is 0 Å². The lowest BCUT2D eigenvalue weighted by Crippen LogP contribution is -1.95. The van der Waals surface area contributed by atoms with Gasteiger partial charge in [-0.1, -0.05) is 70.6 Å². The maximum atomic E-state index is 10.8. The number of carbonyl (C=O) groups is 1. The molecule has 0 radical (unpaired) electrons. The molecule has 1 aromatic carbocycles. The second-order valence-corrected chi connectivity index (χ2v) is 6.33. The smallest absolute Gasteiger partial charge is 0.328 e. The molecular weight excluding hydrogens is 284 g/mol. The van der Waals surface area contributed by atoms with Crippen molar-refractivity contribution in [2.45, 2.75) is 78.1 Å². The fraction of sp³-hybridized carbons (Fsp3) is 0.571. The summed E-state index contributed by atoms with van der Waals surface area (Å²) in [4.78, 5) is 10.8. The Labute approximate surface area is 141 Å². The number of aliphatic carboxylic acids is 1. The average Bonchev–Trinajstić information content (AvgIpc) is 2.54. The van der Waals surface area contributed by atoms with Crippen molar-refractivity contribution in [3.05, 3.63) is 41.0 Å². The molecule has 0 saturated heterocycles. The molecule has 0 aromatic heterocycles. The molecular formula is C21H32O2. The summed E-state index contributed by atoms with van der Waals surface area (Å²) < 4.78 is 0. The number of rotatable bonds is 12. The van der Waals surface area contributed by atoms with Crippen LogP contribution in [0.25, 0.3) is 6.08 Å². The molecule has 128 valence electrons. The van der Waals surface area contributed by atoms with Crippen molar-refractivity contribution in [1.29, 1.82) is 0 Å². The van der Waals surface area contributed by atoms with Gasteiger partial charge in [0.1, 0.15) is 0 Å². The summed E-state index contributed by atoms with van der Waals surface area (Å²) in [5, 5.41) is 8.89. The minimum absolute atomic E-state index is 0.879. The van der Waals surface area contributed by atoms with E-state index in [1.165, 1.54) is 68.6 Å². The van der Waals surface area contributed by atoms with Gasteiger partial charge in [-0.3, -0.25) is 0 Å². The molecule has 2 nitrogen and oxygen atoms in total. The van der Waals surface area contributed by atoms with E-state index in [1.807, 2.05) is 0 Å². The summed E-state index contributed by atoms with van der Waals surface area (Å²) >= 11 is 0. The molecule has 1 rings (SSSR count). The van der Waals surface area contributed by atoms with Crippen molar-refractivity contribution in [1.82, 2.24) is 0 Å². The molecule has 0 bridgehead atoms. The van der Waals surface area contributed by atoms with Crippen LogP contribution in [0.3, 0.4) is 0 Å². The minimum atomic E-state index is -0.879. The topological polar surface area (TPSA) is 37.3 Å². The molecule has 0 heterocycles. The molecule has 1 N–H and O–H groups in total. The van der Waals surface area contributed by atoms with Crippen LogP contribution >= 0.6 is 0 Å². The Morgan fingerprint density at radius 3 is 2.22 bits per heavy atom. The highest BCUT2D eigenvalue weighted by Gasteiger charge is 2.03. The van der Waals surface area contributed by atoms with E-state index < -0.39 is 5.97 Å². The van der Waals surface area contributed by atoms with Crippen LogP contribution in [0.15, 0.2) is 24.3 Å². The minimum Gasteiger partial charge on any atom is -0.478 e. The molecule has 0 fully saturated rings. The van der Waals surface area contributed by atoms with E-state index >= 15 is 0 Å². The van der Waals surface area contributed by atoms with Crippen molar-refractivity contribution < 1.29 is 9.90 Å². The van der Waals surface area contributed by atoms with E-state index in [9.17, 15) is 4.79 Å². The first-order valence-corrected chi connectivity index (χ1v) is 9.20. The molecule has 0 unspecified atom stereocenters. The summed E-state index contributed by atoms with van der Waals surface area (Å²) in [5.41, 5.74) is 3.68. The largest absolute Gasteiger partial charge is 0.478 e. The third kappa shape index (κ3) is 8.59. The Bertz CT molecular complexity index is 489. The second-order valence-electron chi connectivity index (χ2n) is 6.33. The maximum absolute atomic E-state index is 10.8. The third-order valence-corrected chi connectivity index (χ3v) is 4.23. The van der Waals surface area contributed by atoms with Gasteiger partial charge in [0.05, 0.1) is 0 Å². The highest BCUT2D eigenvalue weighted by Crippen LogP contribution is 2.19. The van der Waals surface area contributed by atoms with E-state index in [2.05, 4.69) is 32.0 Å². The zero-order valence-electron chi connectivity index (χ0n) is 14.8. The van der Waals surface area contributed by atoms with Crippen LogP contribution in [-0.2, 0) is 17.6 Å². The first kappa shape index (κ1) is 19.5. The Hall–Kier alpha value is -1.57. The lowest BCUT2D eigenvalue weighted by molar-refractivity contribution is -0.131. The molecule has 0 aliphatic heterocycles. The van der Waals surface area contributed by atoms with Crippen LogP contribution < -0.4 is 0 Å².